The number of rotatable bonds is 6. The Bertz CT molecular complexity index is 764. The van der Waals surface area contributed by atoms with Gasteiger partial charge in [-0.15, -0.1) is 13.2 Å². The lowest BCUT2D eigenvalue weighted by Gasteiger charge is -2.18. The summed E-state index contributed by atoms with van der Waals surface area (Å²) in [6.45, 7) is 0. The number of carbonyl (C=O) groups excluding carboxylic acids is 2. The summed E-state index contributed by atoms with van der Waals surface area (Å²) in [7, 11) is 1.17. The van der Waals surface area contributed by atoms with Crippen LogP contribution in [-0.4, -0.2) is 31.5 Å². The minimum absolute atomic E-state index is 0.205. The number of alkyl carbamates (subject to hydrolysis) is 1. The monoisotopic (exact) mass is 382 g/mol. The number of halogens is 3. The lowest BCUT2D eigenvalue weighted by atomic mass is 10.1. The van der Waals surface area contributed by atoms with E-state index >= 15 is 0 Å². The molecular formula is C18H17F3N2O4. The van der Waals surface area contributed by atoms with Crippen molar-refractivity contribution < 1.29 is 32.2 Å². The highest BCUT2D eigenvalue weighted by atomic mass is 19.4. The first-order chi connectivity index (χ1) is 12.8. The third-order valence-electron chi connectivity index (χ3n) is 3.43. The molecule has 0 aliphatic rings. The van der Waals surface area contributed by atoms with Crippen LogP contribution >= 0.6 is 0 Å². The smallest absolute Gasteiger partial charge is 0.453 e. The maximum absolute atomic E-state index is 12.5. The predicted octanol–water partition coefficient (Wildman–Crippen LogP) is 3.49. The van der Waals surface area contributed by atoms with Gasteiger partial charge in [-0.25, -0.2) is 4.79 Å². The van der Waals surface area contributed by atoms with E-state index in [0.29, 0.717) is 0 Å². The third kappa shape index (κ3) is 6.89. The summed E-state index contributed by atoms with van der Waals surface area (Å²) in [4.78, 5) is 24.0. The van der Waals surface area contributed by atoms with E-state index in [0.717, 1.165) is 17.7 Å². The van der Waals surface area contributed by atoms with E-state index in [9.17, 15) is 22.8 Å². The van der Waals surface area contributed by atoms with Crippen LogP contribution in [-0.2, 0) is 16.0 Å². The normalized spacial score (nSPS) is 12.0. The SMILES string of the molecule is COC(=O)NC(Cc1ccccc1)C(=O)Nc1ccc(OC(F)(F)F)cc1. The van der Waals surface area contributed by atoms with Crippen molar-refractivity contribution in [1.29, 1.82) is 0 Å². The third-order valence-corrected chi connectivity index (χ3v) is 3.43. The van der Waals surface area contributed by atoms with Crippen LogP contribution in [0.4, 0.5) is 23.7 Å². The first-order valence-electron chi connectivity index (χ1n) is 7.82. The second-order valence-electron chi connectivity index (χ2n) is 5.44. The topological polar surface area (TPSA) is 76.7 Å². The number of anilines is 1. The molecule has 2 N–H and O–H groups in total. The van der Waals surface area contributed by atoms with Gasteiger partial charge in [0, 0.05) is 12.1 Å². The molecule has 2 aromatic carbocycles. The number of methoxy groups -OCH3 is 1. The molecule has 144 valence electrons. The zero-order valence-electron chi connectivity index (χ0n) is 14.2. The number of hydrogen-bond acceptors (Lipinski definition) is 4. The molecule has 0 aromatic heterocycles. The molecule has 27 heavy (non-hydrogen) atoms. The molecule has 0 bridgehead atoms. The summed E-state index contributed by atoms with van der Waals surface area (Å²) in [5.74, 6) is -0.956. The van der Waals surface area contributed by atoms with Gasteiger partial charge in [0.15, 0.2) is 0 Å². The molecule has 0 saturated carbocycles. The number of hydrogen-bond donors (Lipinski definition) is 2. The Morgan fingerprint density at radius 3 is 2.22 bits per heavy atom. The van der Waals surface area contributed by atoms with E-state index < -0.39 is 30.2 Å². The fraction of sp³-hybridized carbons (Fsp3) is 0.222. The number of carbonyl (C=O) groups is 2. The summed E-state index contributed by atoms with van der Waals surface area (Å²) in [5, 5.41) is 4.97. The number of ether oxygens (including phenoxy) is 2. The molecule has 0 saturated heterocycles. The van der Waals surface area contributed by atoms with Crippen molar-refractivity contribution in [1.82, 2.24) is 5.32 Å². The van der Waals surface area contributed by atoms with Gasteiger partial charge in [-0.05, 0) is 29.8 Å². The number of amides is 2. The molecule has 0 aliphatic carbocycles. The van der Waals surface area contributed by atoms with Crippen molar-refractivity contribution in [2.75, 3.05) is 12.4 Å². The number of alkyl halides is 3. The van der Waals surface area contributed by atoms with Gasteiger partial charge in [-0.1, -0.05) is 30.3 Å². The van der Waals surface area contributed by atoms with Gasteiger partial charge in [-0.2, -0.15) is 0 Å². The van der Waals surface area contributed by atoms with Gasteiger partial charge < -0.3 is 20.1 Å². The van der Waals surface area contributed by atoms with Crippen LogP contribution in [0.5, 0.6) is 5.75 Å². The number of nitrogens with one attached hydrogen (secondary N) is 2. The Morgan fingerprint density at radius 1 is 1.04 bits per heavy atom. The van der Waals surface area contributed by atoms with Crippen molar-refractivity contribution in [3.63, 3.8) is 0 Å². The van der Waals surface area contributed by atoms with Crippen LogP contribution in [0.25, 0.3) is 0 Å². The fourth-order valence-electron chi connectivity index (χ4n) is 2.23. The van der Waals surface area contributed by atoms with Crippen LogP contribution in [0.2, 0.25) is 0 Å². The minimum Gasteiger partial charge on any atom is -0.453 e. The van der Waals surface area contributed by atoms with Gasteiger partial charge in [0.2, 0.25) is 5.91 Å². The van der Waals surface area contributed by atoms with Crippen LogP contribution in [0.3, 0.4) is 0 Å². The van der Waals surface area contributed by atoms with Crippen molar-refractivity contribution in [3.05, 3.63) is 60.2 Å². The highest BCUT2D eigenvalue weighted by Crippen LogP contribution is 2.24. The average molecular weight is 382 g/mol. The molecule has 9 heteroatoms. The molecule has 2 aromatic rings. The molecule has 0 radical (unpaired) electrons. The average Bonchev–Trinajstić information content (AvgIpc) is 2.62. The summed E-state index contributed by atoms with van der Waals surface area (Å²) in [6, 6.07) is 12.7. The molecule has 6 nitrogen and oxygen atoms in total. The molecule has 1 unspecified atom stereocenters. The Labute approximate surface area is 153 Å². The summed E-state index contributed by atoms with van der Waals surface area (Å²) in [6.07, 6.45) is -5.37. The van der Waals surface area contributed by atoms with E-state index in [1.54, 1.807) is 24.3 Å². The predicted molar refractivity (Wildman–Crippen MR) is 91.2 cm³/mol. The molecule has 0 aliphatic heterocycles. The lowest BCUT2D eigenvalue weighted by molar-refractivity contribution is -0.274. The summed E-state index contributed by atoms with van der Waals surface area (Å²) in [5.41, 5.74) is 1.06. The van der Waals surface area contributed by atoms with E-state index in [2.05, 4.69) is 20.1 Å². The number of benzene rings is 2. The molecule has 0 fully saturated rings. The summed E-state index contributed by atoms with van der Waals surface area (Å²) >= 11 is 0. The van der Waals surface area contributed by atoms with E-state index in [-0.39, 0.29) is 12.1 Å². The molecular weight excluding hydrogens is 365 g/mol. The van der Waals surface area contributed by atoms with E-state index in [4.69, 9.17) is 0 Å². The Morgan fingerprint density at radius 2 is 1.67 bits per heavy atom. The Hall–Kier alpha value is -3.23. The summed E-state index contributed by atoms with van der Waals surface area (Å²) < 4.78 is 44.8. The quantitative estimate of drug-likeness (QED) is 0.802. The molecule has 1 atom stereocenters. The highest BCUT2D eigenvalue weighted by molar-refractivity contribution is 5.96. The fourth-order valence-corrected chi connectivity index (χ4v) is 2.23. The standard InChI is InChI=1S/C18H17F3N2O4/c1-26-17(25)23-15(11-12-5-3-2-4-6-12)16(24)22-13-7-9-14(10-8-13)27-18(19,20)21/h2-10,15H,11H2,1H3,(H,22,24)(H,23,25). The Balaban J connectivity index is 2.06. The largest absolute Gasteiger partial charge is 0.573 e. The highest BCUT2D eigenvalue weighted by Gasteiger charge is 2.31. The maximum atomic E-state index is 12.5. The van der Waals surface area contributed by atoms with E-state index in [1.165, 1.54) is 19.2 Å². The second kappa shape index (κ2) is 8.93. The minimum atomic E-state index is -4.80. The zero-order valence-corrected chi connectivity index (χ0v) is 14.2. The van der Waals surface area contributed by atoms with Gasteiger partial charge in [-0.3, -0.25) is 4.79 Å². The van der Waals surface area contributed by atoms with Crippen LogP contribution in [0, 0.1) is 0 Å². The van der Waals surface area contributed by atoms with Crippen molar-refractivity contribution in [3.8, 4) is 5.75 Å². The first kappa shape index (κ1) is 20.1. The van der Waals surface area contributed by atoms with E-state index in [1.807, 2.05) is 6.07 Å². The van der Waals surface area contributed by atoms with Crippen LogP contribution < -0.4 is 15.4 Å². The van der Waals surface area contributed by atoms with Crippen molar-refractivity contribution in [2.24, 2.45) is 0 Å². The van der Waals surface area contributed by atoms with Gasteiger partial charge in [0.1, 0.15) is 11.8 Å². The molecule has 2 amide bonds. The zero-order chi connectivity index (χ0) is 19.9. The van der Waals surface area contributed by atoms with Crippen molar-refractivity contribution >= 4 is 17.7 Å². The van der Waals surface area contributed by atoms with Gasteiger partial charge in [0.25, 0.3) is 0 Å². The molecule has 0 heterocycles. The molecule has 2 rings (SSSR count). The van der Waals surface area contributed by atoms with Gasteiger partial charge >= 0.3 is 12.5 Å². The van der Waals surface area contributed by atoms with Crippen LogP contribution in [0.15, 0.2) is 54.6 Å². The molecule has 0 spiro atoms. The second-order valence-corrected chi connectivity index (χ2v) is 5.44. The van der Waals surface area contributed by atoms with Crippen LogP contribution in [0.1, 0.15) is 5.56 Å². The van der Waals surface area contributed by atoms with Crippen molar-refractivity contribution in [2.45, 2.75) is 18.8 Å². The lowest BCUT2D eigenvalue weighted by Crippen LogP contribution is -2.45. The van der Waals surface area contributed by atoms with Gasteiger partial charge in [0.05, 0.1) is 7.11 Å². The Kier molecular flexibility index (Phi) is 6.64. The maximum Gasteiger partial charge on any atom is 0.573 e. The first-order valence-corrected chi connectivity index (χ1v) is 7.82.